The van der Waals surface area contributed by atoms with Gasteiger partial charge in [0.25, 0.3) is 0 Å². The number of ether oxygens (including phenoxy) is 2. The summed E-state index contributed by atoms with van der Waals surface area (Å²) in [7, 11) is 5.51. The van der Waals surface area contributed by atoms with Gasteiger partial charge in [0.1, 0.15) is 11.5 Å². The van der Waals surface area contributed by atoms with E-state index in [0.717, 1.165) is 17.4 Å². The van der Waals surface area contributed by atoms with Gasteiger partial charge in [-0.3, -0.25) is 0 Å². The highest BCUT2D eigenvalue weighted by Crippen LogP contribution is 2.41. The summed E-state index contributed by atoms with van der Waals surface area (Å²) in [5, 5.41) is 3.51. The second kappa shape index (κ2) is 7.69. The predicted molar refractivity (Wildman–Crippen MR) is 87.1 cm³/mol. The predicted octanol–water partition coefficient (Wildman–Crippen LogP) is 4.18. The maximum Gasteiger partial charge on any atom is 0.123 e. The Bertz CT molecular complexity index is 439. The minimum Gasteiger partial charge on any atom is -0.497 e. The smallest absolute Gasteiger partial charge is 0.123 e. The van der Waals surface area contributed by atoms with E-state index in [1.807, 2.05) is 12.1 Å². The van der Waals surface area contributed by atoms with Gasteiger partial charge in [0.05, 0.1) is 14.2 Å². The Morgan fingerprint density at radius 3 is 2.38 bits per heavy atom. The normalized spacial score (nSPS) is 23.6. The number of nitrogens with one attached hydrogen (secondary N) is 1. The third-order valence-corrected chi connectivity index (χ3v) is 5.02. The van der Waals surface area contributed by atoms with Crippen LogP contribution >= 0.6 is 0 Å². The summed E-state index contributed by atoms with van der Waals surface area (Å²) in [4.78, 5) is 0. The first-order valence-corrected chi connectivity index (χ1v) is 8.12. The zero-order chi connectivity index (χ0) is 15.2. The summed E-state index contributed by atoms with van der Waals surface area (Å²) >= 11 is 0. The molecule has 0 spiro atoms. The molecule has 3 nitrogen and oxygen atoms in total. The van der Waals surface area contributed by atoms with E-state index in [0.29, 0.717) is 12.0 Å². The molecule has 1 aliphatic rings. The van der Waals surface area contributed by atoms with Crippen molar-refractivity contribution in [2.75, 3.05) is 21.3 Å². The molecule has 1 aromatic carbocycles. The standard InChI is InChI=1S/C18H29NO2/c1-5-13-6-8-14(9-7-13)18(19-2)16-12-15(20-3)10-11-17(16)21-4/h10-14,18-19H,5-9H2,1-4H3. The summed E-state index contributed by atoms with van der Waals surface area (Å²) in [6.07, 6.45) is 6.62. The Morgan fingerprint density at radius 1 is 1.14 bits per heavy atom. The molecule has 0 aliphatic heterocycles. The number of hydrogen-bond acceptors (Lipinski definition) is 3. The Balaban J connectivity index is 2.20. The lowest BCUT2D eigenvalue weighted by Gasteiger charge is -2.34. The van der Waals surface area contributed by atoms with E-state index < -0.39 is 0 Å². The molecule has 0 bridgehead atoms. The maximum atomic E-state index is 5.57. The van der Waals surface area contributed by atoms with Crippen LogP contribution in [0.25, 0.3) is 0 Å². The summed E-state index contributed by atoms with van der Waals surface area (Å²) < 4.78 is 11.0. The number of methoxy groups -OCH3 is 2. The fraction of sp³-hybridized carbons (Fsp3) is 0.667. The zero-order valence-corrected chi connectivity index (χ0v) is 13.8. The molecule has 1 aromatic rings. The number of benzene rings is 1. The molecule has 1 saturated carbocycles. The molecule has 1 atom stereocenters. The van der Waals surface area contributed by atoms with E-state index in [4.69, 9.17) is 9.47 Å². The highest BCUT2D eigenvalue weighted by molar-refractivity contribution is 5.42. The van der Waals surface area contributed by atoms with Gasteiger partial charge < -0.3 is 14.8 Å². The van der Waals surface area contributed by atoms with E-state index in [-0.39, 0.29) is 0 Å². The Labute approximate surface area is 129 Å². The van der Waals surface area contributed by atoms with Crippen LogP contribution in [0.5, 0.6) is 11.5 Å². The summed E-state index contributed by atoms with van der Waals surface area (Å²) in [5.41, 5.74) is 1.22. The first-order chi connectivity index (χ1) is 10.2. The van der Waals surface area contributed by atoms with Gasteiger partial charge in [-0.15, -0.1) is 0 Å². The average Bonchev–Trinajstić information content (AvgIpc) is 2.56. The first kappa shape index (κ1) is 16.2. The van der Waals surface area contributed by atoms with Crippen LogP contribution in [0.15, 0.2) is 18.2 Å². The molecule has 3 heteroatoms. The van der Waals surface area contributed by atoms with Crippen LogP contribution in [-0.2, 0) is 0 Å². The number of hydrogen-bond donors (Lipinski definition) is 1. The SMILES string of the molecule is CCC1CCC(C(NC)c2cc(OC)ccc2OC)CC1. The summed E-state index contributed by atoms with van der Waals surface area (Å²) in [6, 6.07) is 6.43. The minimum atomic E-state index is 0.341. The largest absolute Gasteiger partial charge is 0.497 e. The van der Waals surface area contributed by atoms with Gasteiger partial charge in [-0.1, -0.05) is 26.2 Å². The van der Waals surface area contributed by atoms with E-state index in [9.17, 15) is 0 Å². The van der Waals surface area contributed by atoms with E-state index in [1.165, 1.54) is 37.7 Å². The van der Waals surface area contributed by atoms with Crippen molar-refractivity contribution in [3.8, 4) is 11.5 Å². The van der Waals surface area contributed by atoms with Crippen LogP contribution in [0.3, 0.4) is 0 Å². The van der Waals surface area contributed by atoms with E-state index in [2.05, 4.69) is 25.4 Å². The van der Waals surface area contributed by atoms with Crippen molar-refractivity contribution in [2.24, 2.45) is 11.8 Å². The van der Waals surface area contributed by atoms with Crippen molar-refractivity contribution in [1.29, 1.82) is 0 Å². The van der Waals surface area contributed by atoms with Crippen LogP contribution in [0.1, 0.15) is 50.6 Å². The molecule has 0 saturated heterocycles. The summed E-state index contributed by atoms with van der Waals surface area (Å²) in [6.45, 7) is 2.31. The van der Waals surface area contributed by atoms with E-state index >= 15 is 0 Å². The summed E-state index contributed by atoms with van der Waals surface area (Å²) in [5.74, 6) is 3.45. The third kappa shape index (κ3) is 3.70. The van der Waals surface area contributed by atoms with Gasteiger partial charge in [-0.25, -0.2) is 0 Å². The molecule has 0 radical (unpaired) electrons. The molecule has 118 valence electrons. The van der Waals surface area contributed by atoms with Crippen LogP contribution < -0.4 is 14.8 Å². The van der Waals surface area contributed by atoms with Crippen LogP contribution in [-0.4, -0.2) is 21.3 Å². The maximum absolute atomic E-state index is 5.57. The molecule has 1 fully saturated rings. The first-order valence-electron chi connectivity index (χ1n) is 8.12. The molecular weight excluding hydrogens is 262 g/mol. The molecule has 21 heavy (non-hydrogen) atoms. The van der Waals surface area contributed by atoms with E-state index in [1.54, 1.807) is 14.2 Å². The van der Waals surface area contributed by atoms with Gasteiger partial charge in [0.2, 0.25) is 0 Å². The topological polar surface area (TPSA) is 30.5 Å². The van der Waals surface area contributed by atoms with Crippen molar-refractivity contribution < 1.29 is 9.47 Å². The third-order valence-electron chi connectivity index (χ3n) is 5.02. The minimum absolute atomic E-state index is 0.341. The van der Waals surface area contributed by atoms with Crippen LogP contribution in [0.4, 0.5) is 0 Å². The van der Waals surface area contributed by atoms with Crippen molar-refractivity contribution in [3.63, 3.8) is 0 Å². The molecule has 1 N–H and O–H groups in total. The molecule has 0 heterocycles. The highest BCUT2D eigenvalue weighted by atomic mass is 16.5. The second-order valence-electron chi connectivity index (χ2n) is 6.06. The molecule has 1 unspecified atom stereocenters. The van der Waals surface area contributed by atoms with Gasteiger partial charge in [0, 0.05) is 11.6 Å². The van der Waals surface area contributed by atoms with Crippen molar-refractivity contribution in [1.82, 2.24) is 5.32 Å². The van der Waals surface area contributed by atoms with Crippen molar-refractivity contribution in [3.05, 3.63) is 23.8 Å². The lowest BCUT2D eigenvalue weighted by atomic mass is 9.76. The lowest BCUT2D eigenvalue weighted by molar-refractivity contribution is 0.221. The molecule has 0 aromatic heterocycles. The Morgan fingerprint density at radius 2 is 1.86 bits per heavy atom. The van der Waals surface area contributed by atoms with Crippen LogP contribution in [0.2, 0.25) is 0 Å². The molecule has 2 rings (SSSR count). The van der Waals surface area contributed by atoms with Gasteiger partial charge in [0.15, 0.2) is 0 Å². The fourth-order valence-corrected chi connectivity index (χ4v) is 3.66. The zero-order valence-electron chi connectivity index (χ0n) is 13.8. The number of rotatable bonds is 6. The molecule has 1 aliphatic carbocycles. The van der Waals surface area contributed by atoms with Crippen molar-refractivity contribution >= 4 is 0 Å². The van der Waals surface area contributed by atoms with Crippen LogP contribution in [0, 0.1) is 11.8 Å². The monoisotopic (exact) mass is 291 g/mol. The molecular formula is C18H29NO2. The lowest BCUT2D eigenvalue weighted by Crippen LogP contribution is -2.29. The van der Waals surface area contributed by atoms with Crippen molar-refractivity contribution in [2.45, 2.75) is 45.1 Å². The van der Waals surface area contributed by atoms with Gasteiger partial charge in [-0.2, -0.15) is 0 Å². The average molecular weight is 291 g/mol. The quantitative estimate of drug-likeness (QED) is 0.853. The fourth-order valence-electron chi connectivity index (χ4n) is 3.66. The Hall–Kier alpha value is -1.22. The second-order valence-corrected chi connectivity index (χ2v) is 6.06. The highest BCUT2D eigenvalue weighted by Gasteiger charge is 2.29. The molecule has 0 amide bonds. The van der Waals surface area contributed by atoms with Gasteiger partial charge in [-0.05, 0) is 49.9 Å². The van der Waals surface area contributed by atoms with Gasteiger partial charge >= 0.3 is 0 Å². The Kier molecular flexibility index (Phi) is 5.92.